The van der Waals surface area contributed by atoms with Crippen LogP contribution in [-0.2, 0) is 5.41 Å². The van der Waals surface area contributed by atoms with Gasteiger partial charge in [0, 0.05) is 56.3 Å². The first kappa shape index (κ1) is 46.2. The van der Waals surface area contributed by atoms with Crippen molar-refractivity contribution in [3.05, 3.63) is 323 Å². The molecule has 13 aromatic rings. The Kier molecular flexibility index (Phi) is 10.2. The summed E-state index contributed by atoms with van der Waals surface area (Å²) in [7, 11) is 0. The molecule has 11 aromatic carbocycles. The first-order valence-corrected chi connectivity index (χ1v) is 27.9. The van der Waals surface area contributed by atoms with Crippen LogP contribution in [0.25, 0.3) is 90.6 Å². The smallest absolute Gasteiger partial charge is 0.164 e. The van der Waals surface area contributed by atoms with E-state index in [2.05, 4.69) is 212 Å². The zero-order valence-corrected chi connectivity index (χ0v) is 44.1. The van der Waals surface area contributed by atoms with Crippen LogP contribution in [0.15, 0.2) is 267 Å². The molecule has 2 unspecified atom stereocenters. The van der Waals surface area contributed by atoms with Gasteiger partial charge < -0.3 is 4.74 Å². The van der Waals surface area contributed by atoms with E-state index in [1.54, 1.807) is 0 Å². The third-order valence-corrected chi connectivity index (χ3v) is 17.2. The van der Waals surface area contributed by atoms with Crippen LogP contribution in [0.5, 0.6) is 11.5 Å². The molecule has 0 amide bonds. The van der Waals surface area contributed by atoms with Crippen LogP contribution in [-0.4, -0.2) is 29.9 Å². The highest BCUT2D eigenvalue weighted by atomic mass is 16.5. The van der Waals surface area contributed by atoms with Gasteiger partial charge in [0.1, 0.15) is 11.5 Å². The zero-order valence-electron chi connectivity index (χ0n) is 44.1. The second-order valence-electron chi connectivity index (χ2n) is 21.6. The van der Waals surface area contributed by atoms with Gasteiger partial charge in [-0.1, -0.05) is 237 Å². The van der Waals surface area contributed by atoms with Gasteiger partial charge in [-0.15, -0.1) is 0 Å². The average Bonchev–Trinajstić information content (AvgIpc) is 1.98. The average molecular weight is 1050 g/mol. The van der Waals surface area contributed by atoms with Crippen molar-refractivity contribution in [3.8, 4) is 102 Å². The van der Waals surface area contributed by atoms with Gasteiger partial charge in [-0.2, -0.15) is 0 Å². The highest BCUT2D eigenvalue weighted by Gasteiger charge is 2.51. The van der Waals surface area contributed by atoms with Crippen molar-refractivity contribution in [2.45, 2.75) is 17.3 Å². The van der Waals surface area contributed by atoms with Gasteiger partial charge in [0.05, 0.1) is 5.41 Å². The SMILES string of the molecule is c1ccc(-c2nc(-c3ccccc3)nc(-c3ccc4c(c3)C3c5ccccc5C4c4cc(-c5nc(-c6ccccc6)nc(-c6ccccc6-c6ccc7c(c6)C6(c8ccccc8Oc8ccccc86)c6ccccc6-7)n5)ccc43)n2)cc1. The van der Waals surface area contributed by atoms with Gasteiger partial charge in [0.15, 0.2) is 34.9 Å². The van der Waals surface area contributed by atoms with Gasteiger partial charge in [0.25, 0.3) is 0 Å². The minimum Gasteiger partial charge on any atom is -0.457 e. The summed E-state index contributed by atoms with van der Waals surface area (Å²) in [6, 6.07) is 94.6. The number of ether oxygens (including phenoxy) is 1. The molecular formula is C75H46N6O. The summed E-state index contributed by atoms with van der Waals surface area (Å²) in [4.78, 5) is 31.4. The Hall–Kier alpha value is -10.8. The lowest BCUT2D eigenvalue weighted by Gasteiger charge is -2.42. The van der Waals surface area contributed by atoms with E-state index in [0.29, 0.717) is 34.9 Å². The number of rotatable bonds is 7. The molecule has 7 heteroatoms. The lowest BCUT2D eigenvalue weighted by molar-refractivity contribution is 0.436. The number of hydrogen-bond donors (Lipinski definition) is 0. The predicted molar refractivity (Wildman–Crippen MR) is 323 cm³/mol. The highest BCUT2D eigenvalue weighted by Crippen LogP contribution is 2.63. The maximum atomic E-state index is 6.68. The normalized spacial score (nSPS) is 15.0. The molecule has 7 nitrogen and oxygen atoms in total. The van der Waals surface area contributed by atoms with E-state index in [1.807, 2.05) is 54.6 Å². The first-order valence-electron chi connectivity index (χ1n) is 27.9. The molecular weight excluding hydrogens is 1000 g/mol. The summed E-state index contributed by atoms with van der Waals surface area (Å²) >= 11 is 0. The molecule has 0 N–H and O–H groups in total. The van der Waals surface area contributed by atoms with Crippen molar-refractivity contribution in [1.29, 1.82) is 0 Å². The Morgan fingerprint density at radius 3 is 1.11 bits per heavy atom. The van der Waals surface area contributed by atoms with Gasteiger partial charge in [-0.25, -0.2) is 29.9 Å². The number of hydrogen-bond acceptors (Lipinski definition) is 7. The molecule has 5 aliphatic rings. The van der Waals surface area contributed by atoms with Crippen LogP contribution in [0.2, 0.25) is 0 Å². The fraction of sp³-hybridized carbons (Fsp3) is 0.0400. The summed E-state index contributed by atoms with van der Waals surface area (Å²) < 4.78 is 6.68. The molecule has 0 saturated heterocycles. The minimum atomic E-state index is -0.606. The molecule has 382 valence electrons. The number of aromatic nitrogens is 6. The van der Waals surface area contributed by atoms with Crippen molar-refractivity contribution in [2.75, 3.05) is 0 Å². The zero-order chi connectivity index (χ0) is 53.9. The Balaban J connectivity index is 0.797. The highest BCUT2D eigenvalue weighted by molar-refractivity contribution is 5.92. The third kappa shape index (κ3) is 6.96. The summed E-state index contributed by atoms with van der Waals surface area (Å²) in [5.41, 5.74) is 22.0. The minimum absolute atomic E-state index is 0.00718. The summed E-state index contributed by atoms with van der Waals surface area (Å²) in [5, 5.41) is 0. The van der Waals surface area contributed by atoms with Crippen molar-refractivity contribution >= 4 is 0 Å². The largest absolute Gasteiger partial charge is 0.457 e. The first-order chi connectivity index (χ1) is 40.6. The number of fused-ring (bicyclic) bond motifs is 9. The van der Waals surface area contributed by atoms with E-state index in [-0.39, 0.29) is 11.8 Å². The summed E-state index contributed by atoms with van der Waals surface area (Å²) in [6.07, 6.45) is 0. The van der Waals surface area contributed by atoms with Gasteiger partial charge in [-0.05, 0) is 97.1 Å². The maximum Gasteiger partial charge on any atom is 0.164 e. The van der Waals surface area contributed by atoms with E-state index >= 15 is 0 Å². The van der Waals surface area contributed by atoms with Gasteiger partial charge in [-0.3, -0.25) is 0 Å². The molecule has 2 atom stereocenters. The Morgan fingerprint density at radius 1 is 0.232 bits per heavy atom. The van der Waals surface area contributed by atoms with Crippen molar-refractivity contribution in [1.82, 2.24) is 29.9 Å². The van der Waals surface area contributed by atoms with E-state index in [1.165, 1.54) is 55.6 Å². The summed E-state index contributed by atoms with van der Waals surface area (Å²) in [6.45, 7) is 0. The van der Waals surface area contributed by atoms with Gasteiger partial charge in [0.2, 0.25) is 0 Å². The van der Waals surface area contributed by atoms with Crippen molar-refractivity contribution in [2.24, 2.45) is 0 Å². The second kappa shape index (κ2) is 18.1. The van der Waals surface area contributed by atoms with Crippen LogP contribution >= 0.6 is 0 Å². The Morgan fingerprint density at radius 2 is 0.598 bits per heavy atom. The molecule has 0 radical (unpaired) electrons. The van der Waals surface area contributed by atoms with Crippen LogP contribution in [0, 0.1) is 0 Å². The standard InChI is InChI=1S/C75H46N6O/c1-4-20-45(21-5-1)69-76-70(46-22-6-2-7-23-46)78-72(77-69)49-37-40-56-59(42-49)67-54-28-11-12-29-55(54)68(56)60-43-50(38-41-57(60)67)73-79-71(47-24-8-3-9-25-47)80-74(81-73)58-30-13-10-26-51(58)48-36-39-53-52-27-14-15-31-61(52)75(64(53)44-48)62-32-16-18-34-65(62)82-66-35-19-17-33-63(66)75/h1-44,67-68H. The molecule has 2 bridgehead atoms. The van der Waals surface area contributed by atoms with Crippen molar-refractivity contribution < 1.29 is 4.74 Å². The quantitative estimate of drug-likeness (QED) is 0.157. The third-order valence-electron chi connectivity index (χ3n) is 17.2. The Bertz CT molecular complexity index is 4650. The van der Waals surface area contributed by atoms with Crippen LogP contribution in [0.1, 0.15) is 67.5 Å². The molecule has 18 rings (SSSR count). The van der Waals surface area contributed by atoms with Gasteiger partial charge >= 0.3 is 0 Å². The predicted octanol–water partition coefficient (Wildman–Crippen LogP) is 17.2. The van der Waals surface area contributed by atoms with E-state index in [9.17, 15) is 0 Å². The fourth-order valence-corrected chi connectivity index (χ4v) is 13.7. The lowest BCUT2D eigenvalue weighted by Crippen LogP contribution is -2.32. The Labute approximate surface area is 474 Å². The van der Waals surface area contributed by atoms with Crippen LogP contribution < -0.4 is 4.74 Å². The second-order valence-corrected chi connectivity index (χ2v) is 21.6. The van der Waals surface area contributed by atoms with Crippen LogP contribution in [0.4, 0.5) is 0 Å². The molecule has 4 aliphatic carbocycles. The van der Waals surface area contributed by atoms with Crippen molar-refractivity contribution in [3.63, 3.8) is 0 Å². The van der Waals surface area contributed by atoms with E-state index in [4.69, 9.17) is 34.6 Å². The lowest BCUT2D eigenvalue weighted by atomic mass is 9.61. The molecule has 2 aromatic heterocycles. The summed E-state index contributed by atoms with van der Waals surface area (Å²) in [5.74, 6) is 5.46. The molecule has 0 saturated carbocycles. The number of nitrogens with zero attached hydrogens (tertiary/aromatic N) is 6. The molecule has 0 fully saturated rings. The van der Waals surface area contributed by atoms with E-state index < -0.39 is 5.41 Å². The number of para-hydroxylation sites is 2. The monoisotopic (exact) mass is 1050 g/mol. The van der Waals surface area contributed by atoms with Crippen LogP contribution in [0.3, 0.4) is 0 Å². The molecule has 1 aliphatic heterocycles. The molecule has 1 spiro atoms. The fourth-order valence-electron chi connectivity index (χ4n) is 13.7. The maximum absolute atomic E-state index is 6.68. The number of benzene rings is 11. The van der Waals surface area contributed by atoms with E-state index in [0.717, 1.165) is 67.1 Å². The topological polar surface area (TPSA) is 86.6 Å². The molecule has 82 heavy (non-hydrogen) atoms. The molecule has 3 heterocycles.